The Morgan fingerprint density at radius 2 is 1.97 bits per heavy atom. The molecule has 1 aliphatic heterocycles. The molecule has 0 unspecified atom stereocenters. The second-order valence-electron chi connectivity index (χ2n) is 10.2. The van der Waals surface area contributed by atoms with E-state index in [-0.39, 0.29) is 17.4 Å². The number of carbonyl (C=O) groups excluding carboxylic acids is 1. The predicted molar refractivity (Wildman–Crippen MR) is 128 cm³/mol. The standard InChI is InChI=1S/C27H30N4O2/c1-18-14-27(18,17-28)31-23(25(32)30(4)21-8-6-5-7-9-21)13-20-12-22(29-16-24(20)31)19-10-11-33-26(2,3)15-19/h5-9,12-13,16,18-19H,10-11,14-15H2,1-4H3/t18-,19-,27+/m0/s1. The summed E-state index contributed by atoms with van der Waals surface area (Å²) in [5.74, 6) is 0.375. The van der Waals surface area contributed by atoms with Gasteiger partial charge >= 0.3 is 0 Å². The molecule has 3 atom stereocenters. The molecule has 33 heavy (non-hydrogen) atoms. The van der Waals surface area contributed by atoms with Crippen LogP contribution in [0.25, 0.3) is 10.9 Å². The highest BCUT2D eigenvalue weighted by atomic mass is 16.5. The van der Waals surface area contributed by atoms with Crippen molar-refractivity contribution >= 4 is 22.5 Å². The van der Waals surface area contributed by atoms with Crippen LogP contribution in [0.1, 0.15) is 62.1 Å². The average Bonchev–Trinajstić information content (AvgIpc) is 3.32. The number of nitrogens with zero attached hydrogens (tertiary/aromatic N) is 4. The third kappa shape index (κ3) is 3.61. The molecule has 3 aromatic rings. The first kappa shape index (κ1) is 21.7. The van der Waals surface area contributed by atoms with Crippen LogP contribution in [0.15, 0.2) is 48.7 Å². The fraction of sp³-hybridized carbons (Fsp3) is 0.444. The number of amides is 1. The Bertz CT molecular complexity index is 1260. The molecule has 6 nitrogen and oxygen atoms in total. The molecule has 2 aliphatic rings. The second kappa shape index (κ2) is 7.71. The van der Waals surface area contributed by atoms with Gasteiger partial charge in [-0.25, -0.2) is 0 Å². The van der Waals surface area contributed by atoms with Gasteiger partial charge in [-0.15, -0.1) is 0 Å². The minimum atomic E-state index is -0.700. The van der Waals surface area contributed by atoms with Gasteiger partial charge in [0.05, 0.1) is 23.4 Å². The van der Waals surface area contributed by atoms with Crippen LogP contribution in [0.5, 0.6) is 0 Å². The number of para-hydroxylation sites is 1. The van der Waals surface area contributed by atoms with Gasteiger partial charge in [0.25, 0.3) is 5.91 Å². The van der Waals surface area contributed by atoms with Gasteiger partial charge in [0.15, 0.2) is 0 Å². The zero-order valence-corrected chi connectivity index (χ0v) is 19.7. The normalized spacial score (nSPS) is 26.0. The highest BCUT2D eigenvalue weighted by molar-refractivity contribution is 6.08. The Morgan fingerprint density at radius 1 is 1.24 bits per heavy atom. The first-order valence-electron chi connectivity index (χ1n) is 11.7. The van der Waals surface area contributed by atoms with Crippen LogP contribution in [0.2, 0.25) is 0 Å². The molecule has 1 aromatic carbocycles. The van der Waals surface area contributed by atoms with Crippen molar-refractivity contribution in [3.63, 3.8) is 0 Å². The summed E-state index contributed by atoms with van der Waals surface area (Å²) in [6, 6.07) is 16.1. The fourth-order valence-electron chi connectivity index (χ4n) is 5.29. The maximum Gasteiger partial charge on any atom is 0.274 e. The van der Waals surface area contributed by atoms with E-state index in [1.54, 1.807) is 11.9 Å². The van der Waals surface area contributed by atoms with Gasteiger partial charge in [-0.05, 0) is 63.3 Å². The summed E-state index contributed by atoms with van der Waals surface area (Å²) in [6.07, 6.45) is 4.44. The van der Waals surface area contributed by atoms with E-state index in [1.807, 2.05) is 47.2 Å². The number of ether oxygens (including phenoxy) is 1. The zero-order chi connectivity index (χ0) is 23.4. The number of carbonyl (C=O) groups is 1. The molecular weight excluding hydrogens is 412 g/mol. The summed E-state index contributed by atoms with van der Waals surface area (Å²) in [6.45, 7) is 7.03. The lowest BCUT2D eigenvalue weighted by Crippen LogP contribution is -2.33. The Kier molecular flexibility index (Phi) is 5.06. The van der Waals surface area contributed by atoms with Gasteiger partial charge in [-0.1, -0.05) is 25.1 Å². The van der Waals surface area contributed by atoms with Gasteiger partial charge < -0.3 is 14.2 Å². The molecular formula is C27H30N4O2. The van der Waals surface area contributed by atoms with E-state index in [0.29, 0.717) is 11.6 Å². The monoisotopic (exact) mass is 442 g/mol. The summed E-state index contributed by atoms with van der Waals surface area (Å²) in [7, 11) is 1.78. The number of pyridine rings is 1. The Labute approximate surface area is 194 Å². The van der Waals surface area contributed by atoms with E-state index in [1.165, 1.54) is 0 Å². The molecule has 2 aromatic heterocycles. The smallest absolute Gasteiger partial charge is 0.274 e. The van der Waals surface area contributed by atoms with E-state index in [0.717, 1.165) is 48.2 Å². The van der Waals surface area contributed by atoms with Crippen molar-refractivity contribution in [1.82, 2.24) is 9.55 Å². The van der Waals surface area contributed by atoms with Crippen molar-refractivity contribution in [3.8, 4) is 6.07 Å². The molecule has 1 aliphatic carbocycles. The lowest BCUT2D eigenvalue weighted by Gasteiger charge is -2.35. The van der Waals surface area contributed by atoms with Crippen LogP contribution in [0.3, 0.4) is 0 Å². The lowest BCUT2D eigenvalue weighted by atomic mass is 9.86. The molecule has 0 bridgehead atoms. The summed E-state index contributed by atoms with van der Waals surface area (Å²) < 4.78 is 7.83. The van der Waals surface area contributed by atoms with Gasteiger partial charge in [-0.3, -0.25) is 9.78 Å². The summed E-state index contributed by atoms with van der Waals surface area (Å²) >= 11 is 0. The second-order valence-corrected chi connectivity index (χ2v) is 10.2. The summed E-state index contributed by atoms with van der Waals surface area (Å²) in [5.41, 5.74) is 2.36. The van der Waals surface area contributed by atoms with Crippen molar-refractivity contribution in [2.75, 3.05) is 18.6 Å². The maximum absolute atomic E-state index is 13.7. The van der Waals surface area contributed by atoms with E-state index < -0.39 is 5.54 Å². The van der Waals surface area contributed by atoms with Crippen LogP contribution in [-0.4, -0.2) is 34.7 Å². The molecule has 1 saturated heterocycles. The van der Waals surface area contributed by atoms with Crippen molar-refractivity contribution in [2.24, 2.45) is 5.92 Å². The molecule has 0 radical (unpaired) electrons. The number of benzene rings is 1. The van der Waals surface area contributed by atoms with Gasteiger partial charge in [-0.2, -0.15) is 5.26 Å². The highest BCUT2D eigenvalue weighted by Gasteiger charge is 2.55. The minimum Gasteiger partial charge on any atom is -0.376 e. The third-order valence-electron chi connectivity index (χ3n) is 7.36. The highest BCUT2D eigenvalue weighted by Crippen LogP contribution is 2.52. The van der Waals surface area contributed by atoms with Crippen LogP contribution in [-0.2, 0) is 10.3 Å². The topological polar surface area (TPSA) is 71.2 Å². The first-order chi connectivity index (χ1) is 15.8. The molecule has 0 N–H and O–H groups in total. The van der Waals surface area contributed by atoms with E-state index in [2.05, 4.69) is 32.9 Å². The average molecular weight is 443 g/mol. The Morgan fingerprint density at radius 3 is 2.61 bits per heavy atom. The van der Waals surface area contributed by atoms with E-state index >= 15 is 0 Å². The molecule has 3 heterocycles. The number of fused-ring (bicyclic) bond motifs is 1. The van der Waals surface area contributed by atoms with Crippen molar-refractivity contribution < 1.29 is 9.53 Å². The van der Waals surface area contributed by atoms with Crippen LogP contribution >= 0.6 is 0 Å². The molecule has 170 valence electrons. The predicted octanol–water partition coefficient (Wildman–Crippen LogP) is 5.24. The maximum atomic E-state index is 13.7. The van der Waals surface area contributed by atoms with Crippen LogP contribution in [0.4, 0.5) is 5.69 Å². The molecule has 2 fully saturated rings. The van der Waals surface area contributed by atoms with Crippen LogP contribution in [0, 0.1) is 17.2 Å². The quantitative estimate of drug-likeness (QED) is 0.554. The number of nitriles is 1. The SMILES string of the molecule is C[C@H]1C[C@]1(C#N)n1c(C(=O)N(C)c2ccccc2)cc2cc([C@H]3CCOC(C)(C)C3)ncc21. The lowest BCUT2D eigenvalue weighted by molar-refractivity contribution is -0.0597. The van der Waals surface area contributed by atoms with Crippen molar-refractivity contribution in [3.05, 3.63) is 60.0 Å². The number of rotatable bonds is 4. The number of hydrogen-bond acceptors (Lipinski definition) is 4. The first-order valence-corrected chi connectivity index (χ1v) is 11.7. The number of anilines is 1. The summed E-state index contributed by atoms with van der Waals surface area (Å²) in [5, 5.41) is 11.1. The molecule has 1 saturated carbocycles. The molecule has 6 heteroatoms. The summed E-state index contributed by atoms with van der Waals surface area (Å²) in [4.78, 5) is 20.1. The van der Waals surface area contributed by atoms with Gasteiger partial charge in [0.2, 0.25) is 0 Å². The third-order valence-corrected chi connectivity index (χ3v) is 7.36. The Hall–Kier alpha value is -3.17. The zero-order valence-electron chi connectivity index (χ0n) is 19.7. The largest absolute Gasteiger partial charge is 0.376 e. The molecule has 1 amide bonds. The van der Waals surface area contributed by atoms with Crippen molar-refractivity contribution in [1.29, 1.82) is 5.26 Å². The molecule has 0 spiro atoms. The number of hydrogen-bond donors (Lipinski definition) is 0. The fourth-order valence-corrected chi connectivity index (χ4v) is 5.29. The van der Waals surface area contributed by atoms with E-state index in [9.17, 15) is 10.1 Å². The van der Waals surface area contributed by atoms with Gasteiger partial charge in [0.1, 0.15) is 11.2 Å². The van der Waals surface area contributed by atoms with Crippen LogP contribution < -0.4 is 4.90 Å². The minimum absolute atomic E-state index is 0.125. The Balaban J connectivity index is 1.61. The molecule has 5 rings (SSSR count). The van der Waals surface area contributed by atoms with E-state index in [4.69, 9.17) is 9.72 Å². The number of aromatic nitrogens is 2. The van der Waals surface area contributed by atoms with Crippen molar-refractivity contribution in [2.45, 2.75) is 57.1 Å². The van der Waals surface area contributed by atoms with Gasteiger partial charge in [0, 0.05) is 36.3 Å².